The quantitative estimate of drug-likeness (QED) is 0.657. The van der Waals surface area contributed by atoms with Crippen LogP contribution in [-0.4, -0.2) is 25.0 Å². The fourth-order valence-electron chi connectivity index (χ4n) is 2.03. The lowest BCUT2D eigenvalue weighted by molar-refractivity contribution is 0.958. The van der Waals surface area contributed by atoms with Gasteiger partial charge in [-0.1, -0.05) is 25.1 Å². The van der Waals surface area contributed by atoms with Crippen molar-refractivity contribution in [2.45, 2.75) is 19.9 Å². The molecule has 0 saturated carbocycles. The predicted octanol–water partition coefficient (Wildman–Crippen LogP) is 2.64. The number of aromatic nitrogens is 1. The van der Waals surface area contributed by atoms with Gasteiger partial charge in [0.05, 0.1) is 12.2 Å². The van der Waals surface area contributed by atoms with E-state index in [1.165, 1.54) is 5.56 Å². The number of nitrogens with zero attached hydrogens (tertiary/aromatic N) is 3. The van der Waals surface area contributed by atoms with Gasteiger partial charge in [0.25, 0.3) is 0 Å². The van der Waals surface area contributed by atoms with E-state index in [0.29, 0.717) is 12.5 Å². The van der Waals surface area contributed by atoms with Gasteiger partial charge < -0.3 is 16.0 Å². The van der Waals surface area contributed by atoms with Crippen LogP contribution in [0.3, 0.4) is 0 Å². The van der Waals surface area contributed by atoms with Crippen LogP contribution in [0.5, 0.6) is 0 Å². The highest BCUT2D eigenvalue weighted by Gasteiger charge is 2.00. The highest BCUT2D eigenvalue weighted by molar-refractivity contribution is 5.92. The summed E-state index contributed by atoms with van der Waals surface area (Å²) in [4.78, 5) is 10.8. The van der Waals surface area contributed by atoms with Gasteiger partial charge in [-0.15, -0.1) is 0 Å². The third kappa shape index (κ3) is 4.48. The third-order valence-corrected chi connectivity index (χ3v) is 3.27. The maximum atomic E-state index is 5.94. The van der Waals surface area contributed by atoms with Crippen molar-refractivity contribution in [3.63, 3.8) is 0 Å². The molecule has 3 N–H and O–H groups in total. The molecule has 1 aromatic carbocycles. The molecule has 0 bridgehead atoms. The van der Waals surface area contributed by atoms with Crippen LogP contribution in [0, 0.1) is 0 Å². The molecule has 0 atom stereocenters. The van der Waals surface area contributed by atoms with Crippen LogP contribution in [0.2, 0.25) is 0 Å². The first kappa shape index (κ1) is 15.8. The van der Waals surface area contributed by atoms with Crippen molar-refractivity contribution in [2.75, 3.05) is 24.3 Å². The largest absolute Gasteiger partial charge is 0.370 e. The summed E-state index contributed by atoms with van der Waals surface area (Å²) in [6.45, 7) is 2.58. The number of guanidine groups is 1. The fraction of sp³-hybridized carbons (Fsp3) is 0.294. The summed E-state index contributed by atoms with van der Waals surface area (Å²) in [6, 6.07) is 14.0. The van der Waals surface area contributed by atoms with Gasteiger partial charge in [-0.05, 0) is 36.2 Å². The lowest BCUT2D eigenvalue weighted by Crippen LogP contribution is -2.22. The highest BCUT2D eigenvalue weighted by Crippen LogP contribution is 2.11. The van der Waals surface area contributed by atoms with Gasteiger partial charge in [0.2, 0.25) is 0 Å². The molecule has 0 spiro atoms. The second-order valence-corrected chi connectivity index (χ2v) is 5.26. The van der Waals surface area contributed by atoms with E-state index in [1.807, 2.05) is 49.3 Å². The maximum absolute atomic E-state index is 5.94. The highest BCUT2D eigenvalue weighted by atomic mass is 15.1. The van der Waals surface area contributed by atoms with Crippen molar-refractivity contribution in [2.24, 2.45) is 10.7 Å². The third-order valence-electron chi connectivity index (χ3n) is 3.27. The summed E-state index contributed by atoms with van der Waals surface area (Å²) >= 11 is 0. The number of nitrogens with one attached hydrogen (secondary N) is 1. The van der Waals surface area contributed by atoms with Crippen LogP contribution < -0.4 is 16.0 Å². The molecule has 22 heavy (non-hydrogen) atoms. The normalized spacial score (nSPS) is 11.3. The first-order valence-electron chi connectivity index (χ1n) is 7.37. The molecule has 2 aromatic rings. The first-order chi connectivity index (χ1) is 10.6. The number of nitrogens with two attached hydrogens (primary N) is 1. The fourth-order valence-corrected chi connectivity index (χ4v) is 2.03. The Labute approximate surface area is 131 Å². The molecule has 0 radical (unpaired) electrons. The lowest BCUT2D eigenvalue weighted by Gasteiger charge is -2.11. The summed E-state index contributed by atoms with van der Waals surface area (Å²) in [6.07, 6.45) is 0.994. The average molecular weight is 297 g/mol. The lowest BCUT2D eigenvalue weighted by atomic mass is 10.1. The van der Waals surface area contributed by atoms with Gasteiger partial charge in [0, 0.05) is 19.8 Å². The number of hydrogen-bond acceptors (Lipinski definition) is 3. The Morgan fingerprint density at radius 3 is 2.73 bits per heavy atom. The van der Waals surface area contributed by atoms with E-state index in [1.54, 1.807) is 0 Å². The summed E-state index contributed by atoms with van der Waals surface area (Å²) in [5.74, 6) is 1.31. The van der Waals surface area contributed by atoms with Gasteiger partial charge in [-0.25, -0.2) is 9.98 Å². The molecule has 0 aliphatic heterocycles. The first-order valence-corrected chi connectivity index (χ1v) is 7.37. The minimum absolute atomic E-state index is 0.394. The molecule has 2 rings (SSSR count). The smallest absolute Gasteiger partial charge is 0.193 e. The Balaban J connectivity index is 2.01. The van der Waals surface area contributed by atoms with Crippen molar-refractivity contribution in [1.29, 1.82) is 0 Å². The topological polar surface area (TPSA) is 66.5 Å². The molecule has 0 amide bonds. The molecular weight excluding hydrogens is 274 g/mol. The number of rotatable bonds is 5. The average Bonchev–Trinajstić information content (AvgIpc) is 2.53. The van der Waals surface area contributed by atoms with Crippen LogP contribution >= 0.6 is 0 Å². The van der Waals surface area contributed by atoms with Crippen molar-refractivity contribution in [3.8, 4) is 0 Å². The Morgan fingerprint density at radius 2 is 2.00 bits per heavy atom. The summed E-state index contributed by atoms with van der Waals surface area (Å²) in [7, 11) is 3.93. The van der Waals surface area contributed by atoms with E-state index in [2.05, 4.69) is 34.3 Å². The summed E-state index contributed by atoms with van der Waals surface area (Å²) in [5, 5.41) is 3.11. The van der Waals surface area contributed by atoms with Crippen molar-refractivity contribution in [3.05, 3.63) is 53.7 Å². The minimum atomic E-state index is 0.394. The van der Waals surface area contributed by atoms with Crippen molar-refractivity contribution >= 4 is 17.5 Å². The van der Waals surface area contributed by atoms with E-state index in [-0.39, 0.29) is 0 Å². The molecule has 0 aliphatic rings. The van der Waals surface area contributed by atoms with E-state index in [0.717, 1.165) is 23.6 Å². The standard InChI is InChI=1S/C17H23N5/c1-4-13-7-5-8-14(11-13)21-17(18)19-12-15-9-6-10-16(20-15)22(2)3/h5-11H,4,12H2,1-3H3,(H3,18,19,21). The van der Waals surface area contributed by atoms with Crippen molar-refractivity contribution in [1.82, 2.24) is 4.98 Å². The number of aliphatic imine (C=N–C) groups is 1. The number of pyridine rings is 1. The molecule has 1 aromatic heterocycles. The Bertz CT molecular complexity index is 649. The van der Waals surface area contributed by atoms with Crippen LogP contribution in [0.1, 0.15) is 18.2 Å². The zero-order chi connectivity index (χ0) is 15.9. The predicted molar refractivity (Wildman–Crippen MR) is 93.3 cm³/mol. The van der Waals surface area contributed by atoms with Gasteiger partial charge in [0.1, 0.15) is 5.82 Å². The number of hydrogen-bond donors (Lipinski definition) is 2. The molecule has 116 valence electrons. The SMILES string of the molecule is CCc1cccc(NC(N)=NCc2cccc(N(C)C)n2)c1. The van der Waals surface area contributed by atoms with E-state index in [4.69, 9.17) is 5.73 Å². The zero-order valence-corrected chi connectivity index (χ0v) is 13.4. The number of benzene rings is 1. The van der Waals surface area contributed by atoms with Gasteiger partial charge in [-0.3, -0.25) is 0 Å². The zero-order valence-electron chi connectivity index (χ0n) is 13.4. The molecule has 5 heteroatoms. The monoisotopic (exact) mass is 297 g/mol. The van der Waals surface area contributed by atoms with E-state index >= 15 is 0 Å². The van der Waals surface area contributed by atoms with Crippen LogP contribution in [0.4, 0.5) is 11.5 Å². The maximum Gasteiger partial charge on any atom is 0.193 e. The molecule has 0 aliphatic carbocycles. The minimum Gasteiger partial charge on any atom is -0.370 e. The number of aryl methyl sites for hydroxylation is 1. The summed E-state index contributed by atoms with van der Waals surface area (Å²) in [5.41, 5.74) is 9.05. The summed E-state index contributed by atoms with van der Waals surface area (Å²) < 4.78 is 0. The molecule has 0 saturated heterocycles. The Hall–Kier alpha value is -2.56. The molecule has 0 fully saturated rings. The van der Waals surface area contributed by atoms with Crippen LogP contribution in [0.25, 0.3) is 0 Å². The molecular formula is C17H23N5. The van der Waals surface area contributed by atoms with Gasteiger partial charge >= 0.3 is 0 Å². The Kier molecular flexibility index (Phi) is 5.36. The molecule has 0 unspecified atom stereocenters. The van der Waals surface area contributed by atoms with Crippen LogP contribution in [-0.2, 0) is 13.0 Å². The molecule has 1 heterocycles. The van der Waals surface area contributed by atoms with E-state index < -0.39 is 0 Å². The van der Waals surface area contributed by atoms with Crippen molar-refractivity contribution < 1.29 is 0 Å². The van der Waals surface area contributed by atoms with Crippen LogP contribution in [0.15, 0.2) is 47.5 Å². The second-order valence-electron chi connectivity index (χ2n) is 5.26. The number of anilines is 2. The van der Waals surface area contributed by atoms with E-state index in [9.17, 15) is 0 Å². The van der Waals surface area contributed by atoms with Gasteiger partial charge in [-0.2, -0.15) is 0 Å². The van der Waals surface area contributed by atoms with Gasteiger partial charge in [0.15, 0.2) is 5.96 Å². The molecule has 5 nitrogen and oxygen atoms in total. The second kappa shape index (κ2) is 7.45. The Morgan fingerprint density at radius 1 is 1.23 bits per heavy atom.